The third-order valence-corrected chi connectivity index (χ3v) is 3.27. The first-order chi connectivity index (χ1) is 12.4. The smallest absolute Gasteiger partial charge is 0.407 e. The van der Waals surface area contributed by atoms with Crippen LogP contribution in [0.1, 0.15) is 33.3 Å². The molecule has 0 heterocycles. The summed E-state index contributed by atoms with van der Waals surface area (Å²) in [6, 6.07) is 8.02. The number of benzene rings is 1. The number of hydrogen-bond acceptors (Lipinski definition) is 4. The number of nitrogens with zero attached hydrogens (tertiary/aromatic N) is 1. The van der Waals surface area contributed by atoms with Crippen LogP contribution in [0.5, 0.6) is 5.75 Å². The van der Waals surface area contributed by atoms with Crippen LogP contribution in [0.2, 0.25) is 0 Å². The van der Waals surface area contributed by atoms with Crippen molar-refractivity contribution in [2.24, 2.45) is 4.99 Å². The van der Waals surface area contributed by atoms with Crippen molar-refractivity contribution in [2.75, 3.05) is 33.3 Å². The van der Waals surface area contributed by atoms with Crippen LogP contribution in [0.15, 0.2) is 29.3 Å². The van der Waals surface area contributed by atoms with Gasteiger partial charge in [-0.3, -0.25) is 4.99 Å². The average molecular weight is 364 g/mol. The Labute approximate surface area is 156 Å². The SMILES string of the molecule is CCOc1ccccc1CCNC(=NC)NCCNC(=O)OC(C)(C)C. The zero-order chi connectivity index (χ0) is 19.4. The van der Waals surface area contributed by atoms with E-state index in [1.807, 2.05) is 45.9 Å². The predicted octanol–water partition coefficient (Wildman–Crippen LogP) is 2.32. The average Bonchev–Trinajstić information content (AvgIpc) is 2.57. The number of rotatable bonds is 8. The van der Waals surface area contributed by atoms with E-state index in [1.165, 1.54) is 0 Å². The summed E-state index contributed by atoms with van der Waals surface area (Å²) in [6.45, 7) is 9.85. The van der Waals surface area contributed by atoms with Gasteiger partial charge in [0.15, 0.2) is 5.96 Å². The summed E-state index contributed by atoms with van der Waals surface area (Å²) in [7, 11) is 1.71. The van der Waals surface area contributed by atoms with E-state index in [-0.39, 0.29) is 0 Å². The second kappa shape index (κ2) is 11.2. The Morgan fingerprint density at radius 1 is 1.08 bits per heavy atom. The number of hydrogen-bond donors (Lipinski definition) is 3. The van der Waals surface area contributed by atoms with Gasteiger partial charge in [-0.15, -0.1) is 0 Å². The second-order valence-electron chi connectivity index (χ2n) is 6.65. The number of para-hydroxylation sites is 1. The first-order valence-electron chi connectivity index (χ1n) is 8.97. The van der Waals surface area contributed by atoms with E-state index in [2.05, 4.69) is 27.0 Å². The summed E-state index contributed by atoms with van der Waals surface area (Å²) in [5, 5.41) is 9.10. The van der Waals surface area contributed by atoms with Gasteiger partial charge in [-0.05, 0) is 45.7 Å². The molecule has 0 bridgehead atoms. The summed E-state index contributed by atoms with van der Waals surface area (Å²) < 4.78 is 10.8. The number of carbonyl (C=O) groups is 1. The van der Waals surface area contributed by atoms with Gasteiger partial charge < -0.3 is 25.4 Å². The molecule has 0 radical (unpaired) electrons. The summed E-state index contributed by atoms with van der Waals surface area (Å²) in [5.41, 5.74) is 0.663. The molecular formula is C19H32N4O3. The summed E-state index contributed by atoms with van der Waals surface area (Å²) in [6.07, 6.45) is 0.405. The molecular weight excluding hydrogens is 332 g/mol. The maximum Gasteiger partial charge on any atom is 0.407 e. The highest BCUT2D eigenvalue weighted by molar-refractivity contribution is 5.79. The van der Waals surface area contributed by atoms with Crippen LogP contribution in [-0.2, 0) is 11.2 Å². The lowest BCUT2D eigenvalue weighted by atomic mass is 10.1. The summed E-state index contributed by atoms with van der Waals surface area (Å²) in [4.78, 5) is 15.7. The molecule has 26 heavy (non-hydrogen) atoms. The zero-order valence-electron chi connectivity index (χ0n) is 16.5. The molecule has 0 saturated carbocycles. The third kappa shape index (κ3) is 9.15. The van der Waals surface area contributed by atoms with Gasteiger partial charge in [-0.2, -0.15) is 0 Å². The number of alkyl carbamates (subject to hydrolysis) is 1. The lowest BCUT2D eigenvalue weighted by molar-refractivity contribution is 0.0529. The molecule has 0 fully saturated rings. The summed E-state index contributed by atoms with van der Waals surface area (Å²) >= 11 is 0. The highest BCUT2D eigenvalue weighted by Gasteiger charge is 2.15. The number of carbonyl (C=O) groups excluding carboxylic acids is 1. The molecule has 146 valence electrons. The van der Waals surface area contributed by atoms with Crippen LogP contribution >= 0.6 is 0 Å². The quantitative estimate of drug-likeness (QED) is 0.375. The fourth-order valence-electron chi connectivity index (χ4n) is 2.20. The Bertz CT molecular complexity index is 582. The standard InChI is InChI=1S/C19H32N4O3/c1-6-25-16-10-8-7-9-15(16)11-12-21-17(20-5)22-13-14-23-18(24)26-19(2,3)4/h7-10H,6,11-14H2,1-5H3,(H,23,24)(H2,20,21,22). The number of aliphatic imine (C=N–C) groups is 1. The predicted molar refractivity (Wildman–Crippen MR) is 105 cm³/mol. The lowest BCUT2D eigenvalue weighted by Gasteiger charge is -2.20. The largest absolute Gasteiger partial charge is 0.494 e. The van der Waals surface area contributed by atoms with E-state index in [4.69, 9.17) is 9.47 Å². The van der Waals surface area contributed by atoms with Crippen molar-refractivity contribution in [1.29, 1.82) is 0 Å². The van der Waals surface area contributed by atoms with Crippen LogP contribution in [0.25, 0.3) is 0 Å². The molecule has 0 aliphatic rings. The molecule has 1 amide bonds. The molecule has 0 unspecified atom stereocenters. The first-order valence-corrected chi connectivity index (χ1v) is 8.97. The number of guanidine groups is 1. The van der Waals surface area contributed by atoms with Gasteiger partial charge in [0.25, 0.3) is 0 Å². The first kappa shape index (κ1) is 21.6. The molecule has 0 aliphatic heterocycles. The number of nitrogens with one attached hydrogen (secondary N) is 3. The maximum absolute atomic E-state index is 11.6. The van der Waals surface area contributed by atoms with Gasteiger partial charge in [0.2, 0.25) is 0 Å². The van der Waals surface area contributed by atoms with E-state index < -0.39 is 11.7 Å². The maximum atomic E-state index is 11.6. The van der Waals surface area contributed by atoms with E-state index in [0.29, 0.717) is 25.7 Å². The fourth-order valence-corrected chi connectivity index (χ4v) is 2.20. The summed E-state index contributed by atoms with van der Waals surface area (Å²) in [5.74, 6) is 1.60. The Kier molecular flexibility index (Phi) is 9.33. The Hall–Kier alpha value is -2.44. The van der Waals surface area contributed by atoms with E-state index >= 15 is 0 Å². The van der Waals surface area contributed by atoms with Crippen molar-refractivity contribution < 1.29 is 14.3 Å². The molecule has 0 atom stereocenters. The minimum absolute atomic E-state index is 0.422. The normalized spacial score (nSPS) is 11.7. The fraction of sp³-hybridized carbons (Fsp3) is 0.579. The van der Waals surface area contributed by atoms with Gasteiger partial charge in [-0.1, -0.05) is 18.2 Å². The van der Waals surface area contributed by atoms with Crippen LogP contribution < -0.4 is 20.7 Å². The molecule has 1 rings (SSSR count). The minimum Gasteiger partial charge on any atom is -0.494 e. The van der Waals surface area contributed by atoms with Crippen molar-refractivity contribution >= 4 is 12.1 Å². The van der Waals surface area contributed by atoms with Gasteiger partial charge in [0, 0.05) is 26.7 Å². The van der Waals surface area contributed by atoms with Crippen LogP contribution in [0.4, 0.5) is 4.79 Å². The van der Waals surface area contributed by atoms with Crippen molar-refractivity contribution in [3.63, 3.8) is 0 Å². The van der Waals surface area contributed by atoms with Crippen LogP contribution in [0, 0.1) is 0 Å². The highest BCUT2D eigenvalue weighted by Crippen LogP contribution is 2.17. The molecule has 7 heteroatoms. The number of amides is 1. The van der Waals surface area contributed by atoms with Crippen LogP contribution in [0.3, 0.4) is 0 Å². The second-order valence-corrected chi connectivity index (χ2v) is 6.65. The zero-order valence-corrected chi connectivity index (χ0v) is 16.5. The van der Waals surface area contributed by atoms with Gasteiger partial charge in [0.05, 0.1) is 6.61 Å². The Balaban J connectivity index is 2.28. The Morgan fingerprint density at radius 3 is 2.38 bits per heavy atom. The van der Waals surface area contributed by atoms with Crippen LogP contribution in [-0.4, -0.2) is 50.9 Å². The van der Waals surface area contributed by atoms with Gasteiger partial charge >= 0.3 is 6.09 Å². The molecule has 1 aromatic rings. The van der Waals surface area contributed by atoms with Crippen molar-refractivity contribution in [1.82, 2.24) is 16.0 Å². The van der Waals surface area contributed by atoms with E-state index in [0.717, 1.165) is 24.3 Å². The minimum atomic E-state index is -0.493. The topological polar surface area (TPSA) is 84.0 Å². The molecule has 3 N–H and O–H groups in total. The molecule has 0 aromatic heterocycles. The van der Waals surface area contributed by atoms with E-state index in [1.54, 1.807) is 7.05 Å². The van der Waals surface area contributed by atoms with E-state index in [9.17, 15) is 4.79 Å². The van der Waals surface area contributed by atoms with Crippen molar-refractivity contribution in [3.8, 4) is 5.75 Å². The lowest BCUT2D eigenvalue weighted by Crippen LogP contribution is -2.43. The molecule has 0 aliphatic carbocycles. The third-order valence-electron chi connectivity index (χ3n) is 3.27. The van der Waals surface area contributed by atoms with Crippen molar-refractivity contribution in [2.45, 2.75) is 39.7 Å². The van der Waals surface area contributed by atoms with Gasteiger partial charge in [-0.25, -0.2) is 4.79 Å². The molecule has 0 spiro atoms. The molecule has 1 aromatic carbocycles. The molecule has 0 saturated heterocycles. The Morgan fingerprint density at radius 2 is 1.73 bits per heavy atom. The van der Waals surface area contributed by atoms with Gasteiger partial charge in [0.1, 0.15) is 11.4 Å². The number of ether oxygens (including phenoxy) is 2. The highest BCUT2D eigenvalue weighted by atomic mass is 16.6. The van der Waals surface area contributed by atoms with Crippen molar-refractivity contribution in [3.05, 3.63) is 29.8 Å². The monoisotopic (exact) mass is 364 g/mol. The molecule has 7 nitrogen and oxygen atoms in total.